The molecule has 0 spiro atoms. The molecular weight excluding hydrogens is 240 g/mol. The summed E-state index contributed by atoms with van der Waals surface area (Å²) < 4.78 is 0. The van der Waals surface area contributed by atoms with Gasteiger partial charge in [0.25, 0.3) is 0 Å². The summed E-state index contributed by atoms with van der Waals surface area (Å²) in [6, 6.07) is 0. The predicted molar refractivity (Wildman–Crippen MR) is 80.8 cm³/mol. The van der Waals surface area contributed by atoms with E-state index >= 15 is 0 Å². The lowest BCUT2D eigenvalue weighted by molar-refractivity contribution is -0.137. The van der Waals surface area contributed by atoms with Gasteiger partial charge in [0.15, 0.2) is 0 Å². The standard InChI is InChI=1S/C12H24O2.C3H6N2/c1-2-3-4-5-6-7-8-9-10-11-12(13)14;1-2-5-3-4-1/h2-11H2,1H3,(H,13,14);1,5H,2-3H2. The summed E-state index contributed by atoms with van der Waals surface area (Å²) in [5.41, 5.74) is 0. The minimum absolute atomic E-state index is 0.343. The van der Waals surface area contributed by atoms with Gasteiger partial charge in [0.1, 0.15) is 0 Å². The van der Waals surface area contributed by atoms with Crippen LogP contribution < -0.4 is 5.32 Å². The number of hydrogen-bond donors (Lipinski definition) is 2. The Morgan fingerprint density at radius 1 is 1.11 bits per heavy atom. The Hall–Kier alpha value is -0.900. The highest BCUT2D eigenvalue weighted by atomic mass is 16.4. The maximum absolute atomic E-state index is 10.2. The molecule has 0 saturated carbocycles. The molecule has 112 valence electrons. The second kappa shape index (κ2) is 15.2. The smallest absolute Gasteiger partial charge is 0.303 e. The van der Waals surface area contributed by atoms with Crippen molar-refractivity contribution in [1.29, 1.82) is 0 Å². The van der Waals surface area contributed by atoms with Gasteiger partial charge in [-0.15, -0.1) is 0 Å². The number of aliphatic imine (C=N–C) groups is 1. The Morgan fingerprint density at radius 3 is 2.05 bits per heavy atom. The van der Waals surface area contributed by atoms with Crippen molar-refractivity contribution in [1.82, 2.24) is 5.32 Å². The van der Waals surface area contributed by atoms with Crippen LogP contribution in [0.3, 0.4) is 0 Å². The van der Waals surface area contributed by atoms with Gasteiger partial charge in [-0.05, 0) is 6.42 Å². The summed E-state index contributed by atoms with van der Waals surface area (Å²) in [4.78, 5) is 14.1. The van der Waals surface area contributed by atoms with Crippen molar-refractivity contribution < 1.29 is 9.90 Å². The normalized spacial score (nSPS) is 13.1. The van der Waals surface area contributed by atoms with Gasteiger partial charge in [-0.3, -0.25) is 15.1 Å². The van der Waals surface area contributed by atoms with Gasteiger partial charge < -0.3 is 5.11 Å². The first kappa shape index (κ1) is 18.1. The van der Waals surface area contributed by atoms with Crippen LogP contribution in [-0.4, -0.2) is 30.5 Å². The summed E-state index contributed by atoms with van der Waals surface area (Å²) in [5.74, 6) is -0.659. The van der Waals surface area contributed by atoms with Gasteiger partial charge in [-0.1, -0.05) is 58.3 Å². The van der Waals surface area contributed by atoms with E-state index in [1.54, 1.807) is 0 Å². The first-order chi connectivity index (χ1) is 9.27. The number of hydrogen-bond acceptors (Lipinski definition) is 3. The van der Waals surface area contributed by atoms with Crippen LogP contribution in [0.15, 0.2) is 4.99 Å². The third-order valence-electron chi connectivity index (χ3n) is 3.06. The van der Waals surface area contributed by atoms with E-state index in [-0.39, 0.29) is 0 Å². The number of carboxylic acids is 1. The lowest BCUT2D eigenvalue weighted by Gasteiger charge is -2.00. The second-order valence-electron chi connectivity index (χ2n) is 4.95. The zero-order valence-corrected chi connectivity index (χ0v) is 12.4. The highest BCUT2D eigenvalue weighted by Crippen LogP contribution is 2.10. The van der Waals surface area contributed by atoms with Crippen LogP contribution in [0.5, 0.6) is 0 Å². The van der Waals surface area contributed by atoms with Crippen molar-refractivity contribution in [3.63, 3.8) is 0 Å². The van der Waals surface area contributed by atoms with Gasteiger partial charge >= 0.3 is 5.97 Å². The van der Waals surface area contributed by atoms with E-state index in [0.29, 0.717) is 6.42 Å². The minimum atomic E-state index is -0.659. The monoisotopic (exact) mass is 270 g/mol. The molecular formula is C15H30N2O2. The molecule has 1 rings (SSSR count). The Kier molecular flexibility index (Phi) is 14.4. The summed E-state index contributed by atoms with van der Waals surface area (Å²) in [7, 11) is 0. The molecule has 0 aromatic heterocycles. The lowest BCUT2D eigenvalue weighted by atomic mass is 10.1. The van der Waals surface area contributed by atoms with Crippen LogP contribution in [0.1, 0.15) is 71.1 Å². The summed E-state index contributed by atoms with van der Waals surface area (Å²) in [6.07, 6.45) is 13.4. The molecule has 4 nitrogen and oxygen atoms in total. The molecule has 0 radical (unpaired) electrons. The lowest BCUT2D eigenvalue weighted by Crippen LogP contribution is -2.06. The average Bonchev–Trinajstić information content (AvgIpc) is 2.95. The van der Waals surface area contributed by atoms with Gasteiger partial charge in [0.2, 0.25) is 0 Å². The molecule has 0 saturated heterocycles. The molecule has 0 bridgehead atoms. The zero-order chi connectivity index (χ0) is 14.2. The van der Waals surface area contributed by atoms with Crippen LogP contribution in [-0.2, 0) is 4.79 Å². The van der Waals surface area contributed by atoms with E-state index in [1.165, 1.54) is 44.9 Å². The molecule has 0 amide bonds. The third-order valence-corrected chi connectivity index (χ3v) is 3.06. The van der Waals surface area contributed by atoms with Crippen molar-refractivity contribution in [2.24, 2.45) is 4.99 Å². The first-order valence-electron chi connectivity index (χ1n) is 7.68. The molecule has 2 N–H and O–H groups in total. The number of carboxylic acid groups (broad SMARTS) is 1. The molecule has 0 fully saturated rings. The zero-order valence-electron chi connectivity index (χ0n) is 12.4. The number of aliphatic carboxylic acids is 1. The molecule has 0 aliphatic carbocycles. The molecule has 4 heteroatoms. The van der Waals surface area contributed by atoms with Crippen molar-refractivity contribution in [2.75, 3.05) is 13.2 Å². The van der Waals surface area contributed by atoms with Gasteiger partial charge in [0, 0.05) is 19.2 Å². The number of nitrogens with zero attached hydrogens (tertiary/aromatic N) is 1. The number of rotatable bonds is 10. The van der Waals surface area contributed by atoms with Crippen molar-refractivity contribution in [3.05, 3.63) is 0 Å². The fourth-order valence-electron chi connectivity index (χ4n) is 1.91. The number of unbranched alkanes of at least 4 members (excludes halogenated alkanes) is 8. The second-order valence-corrected chi connectivity index (χ2v) is 4.95. The Bertz CT molecular complexity index is 224. The summed E-state index contributed by atoms with van der Waals surface area (Å²) in [5, 5.41) is 11.4. The Labute approximate surface area is 117 Å². The minimum Gasteiger partial charge on any atom is -0.481 e. The highest BCUT2D eigenvalue weighted by molar-refractivity contribution is 5.66. The van der Waals surface area contributed by atoms with Crippen LogP contribution in [0.25, 0.3) is 0 Å². The van der Waals surface area contributed by atoms with Crippen LogP contribution in [0.2, 0.25) is 0 Å². The largest absolute Gasteiger partial charge is 0.481 e. The maximum Gasteiger partial charge on any atom is 0.303 e. The summed E-state index contributed by atoms with van der Waals surface area (Å²) in [6.45, 7) is 4.01. The molecule has 0 aromatic rings. The summed E-state index contributed by atoms with van der Waals surface area (Å²) >= 11 is 0. The fourth-order valence-corrected chi connectivity index (χ4v) is 1.91. The predicted octanol–water partition coefficient (Wildman–Crippen LogP) is 3.61. The average molecular weight is 270 g/mol. The van der Waals surface area contributed by atoms with Crippen LogP contribution in [0.4, 0.5) is 0 Å². The molecule has 0 atom stereocenters. The fraction of sp³-hybridized carbons (Fsp3) is 0.867. The van der Waals surface area contributed by atoms with Gasteiger partial charge in [0.05, 0.1) is 6.67 Å². The number of nitrogens with one attached hydrogen (secondary N) is 1. The molecule has 1 heterocycles. The molecule has 0 unspecified atom stereocenters. The van der Waals surface area contributed by atoms with E-state index in [9.17, 15) is 4.79 Å². The quantitative estimate of drug-likeness (QED) is 0.596. The van der Waals surface area contributed by atoms with Gasteiger partial charge in [-0.2, -0.15) is 0 Å². The first-order valence-corrected chi connectivity index (χ1v) is 7.68. The highest BCUT2D eigenvalue weighted by Gasteiger charge is 1.96. The Balaban J connectivity index is 0.000000532. The van der Waals surface area contributed by atoms with E-state index < -0.39 is 5.97 Å². The van der Waals surface area contributed by atoms with E-state index in [4.69, 9.17) is 5.11 Å². The van der Waals surface area contributed by atoms with Crippen molar-refractivity contribution >= 4 is 12.2 Å². The van der Waals surface area contributed by atoms with E-state index in [0.717, 1.165) is 26.1 Å². The van der Waals surface area contributed by atoms with Gasteiger partial charge in [-0.25, -0.2) is 0 Å². The van der Waals surface area contributed by atoms with E-state index in [1.807, 2.05) is 6.21 Å². The van der Waals surface area contributed by atoms with Crippen molar-refractivity contribution in [2.45, 2.75) is 71.1 Å². The van der Waals surface area contributed by atoms with E-state index in [2.05, 4.69) is 17.2 Å². The molecule has 19 heavy (non-hydrogen) atoms. The molecule has 0 aromatic carbocycles. The van der Waals surface area contributed by atoms with Crippen LogP contribution in [0, 0.1) is 0 Å². The maximum atomic E-state index is 10.2. The third kappa shape index (κ3) is 17.1. The van der Waals surface area contributed by atoms with Crippen molar-refractivity contribution in [3.8, 4) is 0 Å². The SMILES string of the molecule is C1=NCNC1.CCCCCCCCCCCC(=O)O. The van der Waals surface area contributed by atoms with Crippen LogP contribution >= 0.6 is 0 Å². The topological polar surface area (TPSA) is 61.7 Å². The molecule has 1 aliphatic heterocycles. The Morgan fingerprint density at radius 2 is 1.68 bits per heavy atom. The number of carbonyl (C=O) groups is 1. The molecule has 1 aliphatic rings.